The fraction of sp³-hybridized carbons (Fsp3) is 0.0794. The van der Waals surface area contributed by atoms with Gasteiger partial charge in [-0.15, -0.1) is 0 Å². The van der Waals surface area contributed by atoms with Crippen molar-refractivity contribution in [2.45, 2.75) is 52.7 Å². The quantitative estimate of drug-likeness (QED) is 0.170. The van der Waals surface area contributed by atoms with E-state index in [1.165, 1.54) is 103 Å². The molecule has 2 aliphatic heterocycles. The van der Waals surface area contributed by atoms with Gasteiger partial charge in [0.2, 0.25) is 0 Å². The summed E-state index contributed by atoms with van der Waals surface area (Å²) in [6.07, 6.45) is 2.48. The molecule has 0 saturated carbocycles. The van der Waals surface area contributed by atoms with E-state index in [2.05, 4.69) is 256 Å². The van der Waals surface area contributed by atoms with Crippen LogP contribution in [0.2, 0.25) is 0 Å². The molecule has 0 aromatic heterocycles. The van der Waals surface area contributed by atoms with Crippen LogP contribution in [0.3, 0.4) is 0 Å². The maximum Gasteiger partial charge on any atom is 0.0601 e. The van der Waals surface area contributed by atoms with Gasteiger partial charge in [-0.25, -0.2) is 0 Å². The highest BCUT2D eigenvalue weighted by molar-refractivity contribution is 8.00. The van der Waals surface area contributed by atoms with Crippen molar-refractivity contribution < 1.29 is 0 Å². The molecule has 2 nitrogen and oxygen atoms in total. The molecule has 2 heterocycles. The number of para-hydroxylation sites is 4. The summed E-state index contributed by atoms with van der Waals surface area (Å²) in [5, 5.41) is 4.79. The smallest absolute Gasteiger partial charge is 0.0601 e. The third-order valence-corrected chi connectivity index (χ3v) is 16.1. The molecule has 12 rings (SSSR count). The summed E-state index contributed by atoms with van der Waals surface area (Å²) in [5.41, 5.74) is 16.9. The Kier molecular flexibility index (Phi) is 10.2. The first-order chi connectivity index (χ1) is 32.8. The Bertz CT molecular complexity index is 3520. The Balaban J connectivity index is 1.19. The zero-order valence-electron chi connectivity index (χ0n) is 38.0. The summed E-state index contributed by atoms with van der Waals surface area (Å²) in [5.74, 6) is 0. The van der Waals surface area contributed by atoms with Gasteiger partial charge < -0.3 is 9.80 Å². The van der Waals surface area contributed by atoms with Crippen molar-refractivity contribution in [3.05, 3.63) is 241 Å². The summed E-state index contributed by atoms with van der Waals surface area (Å²) in [6, 6.07) is 78.5. The first-order valence-electron chi connectivity index (χ1n) is 23.1. The van der Waals surface area contributed by atoms with Crippen LogP contribution in [0, 0.1) is 0 Å². The van der Waals surface area contributed by atoms with E-state index in [4.69, 9.17) is 0 Å². The van der Waals surface area contributed by atoms with Crippen LogP contribution in [-0.4, -0.2) is 0 Å². The molecule has 0 bridgehead atoms. The molecular formula is C63H48N2S2. The second-order valence-electron chi connectivity index (χ2n) is 18.2. The minimum absolute atomic E-state index is 0.158. The van der Waals surface area contributed by atoms with Gasteiger partial charge in [0.1, 0.15) is 0 Å². The lowest BCUT2D eigenvalue weighted by atomic mass is 9.80. The van der Waals surface area contributed by atoms with Gasteiger partial charge in [-0.2, -0.15) is 0 Å². The normalized spacial score (nSPS) is 14.5. The first-order valence-corrected chi connectivity index (χ1v) is 24.7. The van der Waals surface area contributed by atoms with Crippen LogP contribution >= 0.6 is 23.5 Å². The molecule has 0 amide bonds. The molecule has 0 N–H and O–H groups in total. The molecule has 0 atom stereocenters. The average molecular weight is 897 g/mol. The Hall–Kier alpha value is -7.24. The maximum atomic E-state index is 2.48. The second kappa shape index (κ2) is 16.6. The number of benzene rings is 8. The summed E-state index contributed by atoms with van der Waals surface area (Å²) >= 11 is 3.68. The standard InChI is InChI=1S/C63H48N2S2/c1-41(39-54-42(2)47-22-7-8-26-53(47)63(54,3)4)46-24-18-21-44(64-55-27-9-13-31-59(55)66-60-32-14-10-28-56(60)64)35-37-50(49-25-17-20-43-19-5-6-23-48(43)49)51-38-36-45(40-52(46)51)65-57-29-11-15-33-61(57)67-62-34-16-12-30-58(62)65/h5-40H,1-4H3/b21-18?,24-18?,37-35?,41-39+,44-21?,44-35?,46-24?,50-37?,51-50?,52-46?. The predicted molar refractivity (Wildman–Crippen MR) is 288 cm³/mol. The average Bonchev–Trinajstić information content (AvgIpc) is 3.55. The van der Waals surface area contributed by atoms with Crippen LogP contribution in [0.25, 0.3) is 43.8 Å². The molecule has 0 radical (unpaired) electrons. The van der Waals surface area contributed by atoms with Gasteiger partial charge in [0.25, 0.3) is 0 Å². The third kappa shape index (κ3) is 6.97. The molecule has 9 aromatic carbocycles. The zero-order valence-corrected chi connectivity index (χ0v) is 39.6. The van der Waals surface area contributed by atoms with E-state index in [1.54, 1.807) is 0 Å². The van der Waals surface area contributed by atoms with Crippen molar-refractivity contribution in [2.24, 2.45) is 0 Å². The molecule has 0 fully saturated rings. The van der Waals surface area contributed by atoms with E-state index in [0.717, 1.165) is 16.9 Å². The number of anilines is 6. The number of nitrogens with zero attached hydrogens (tertiary/aromatic N) is 2. The van der Waals surface area contributed by atoms with Gasteiger partial charge in [0, 0.05) is 36.4 Å². The Morgan fingerprint density at radius 2 is 0.925 bits per heavy atom. The molecule has 67 heavy (non-hydrogen) atoms. The van der Waals surface area contributed by atoms with Crippen LogP contribution in [-0.2, 0) is 5.41 Å². The highest BCUT2D eigenvalue weighted by Crippen LogP contribution is 2.54. The summed E-state index contributed by atoms with van der Waals surface area (Å²) in [6.45, 7) is 9.37. The maximum absolute atomic E-state index is 2.48. The lowest BCUT2D eigenvalue weighted by molar-refractivity contribution is 0.654. The summed E-state index contributed by atoms with van der Waals surface area (Å²) in [4.78, 5) is 9.86. The Morgan fingerprint density at radius 1 is 0.433 bits per heavy atom. The predicted octanol–water partition coefficient (Wildman–Crippen LogP) is 18.8. The van der Waals surface area contributed by atoms with E-state index in [0.29, 0.717) is 0 Å². The van der Waals surface area contributed by atoms with Crippen LogP contribution in [0.1, 0.15) is 44.4 Å². The molecule has 3 aliphatic rings. The van der Waals surface area contributed by atoms with Crippen molar-refractivity contribution in [2.75, 3.05) is 9.80 Å². The van der Waals surface area contributed by atoms with Gasteiger partial charge >= 0.3 is 0 Å². The third-order valence-electron chi connectivity index (χ3n) is 13.9. The lowest BCUT2D eigenvalue weighted by Gasteiger charge is -2.33. The van der Waals surface area contributed by atoms with Crippen molar-refractivity contribution in [3.8, 4) is 11.1 Å². The minimum Gasteiger partial charge on any atom is -0.308 e. The number of rotatable bonds is 5. The van der Waals surface area contributed by atoms with E-state index < -0.39 is 0 Å². The van der Waals surface area contributed by atoms with Gasteiger partial charge in [0.15, 0.2) is 0 Å². The number of hydrogen-bond donors (Lipinski definition) is 0. The number of hydrogen-bond acceptors (Lipinski definition) is 4. The molecule has 1 aliphatic carbocycles. The molecule has 4 heteroatoms. The van der Waals surface area contributed by atoms with Gasteiger partial charge in [-0.05, 0) is 153 Å². The van der Waals surface area contributed by atoms with E-state index in [1.807, 2.05) is 23.5 Å². The SMILES string of the molecule is CC1=C(/C=C(\C)c2cccc(N3c4ccccc4Sc4ccccc43)ccc(-c3cccc4ccccc34)c3ccc(N4c5ccccc5Sc5ccccc54)cc23)C(C)(C)c2ccccc21. The fourth-order valence-corrected chi connectivity index (χ4v) is 12.7. The van der Waals surface area contributed by atoms with Crippen LogP contribution in [0.4, 0.5) is 34.1 Å². The van der Waals surface area contributed by atoms with Crippen molar-refractivity contribution in [3.63, 3.8) is 0 Å². The van der Waals surface area contributed by atoms with Gasteiger partial charge in [-0.1, -0.05) is 183 Å². The van der Waals surface area contributed by atoms with Crippen LogP contribution in [0.5, 0.6) is 0 Å². The highest BCUT2D eigenvalue weighted by atomic mass is 32.2. The molecular weight excluding hydrogens is 849 g/mol. The Labute approximate surface area is 402 Å². The van der Waals surface area contributed by atoms with Crippen molar-refractivity contribution in [1.29, 1.82) is 0 Å². The summed E-state index contributed by atoms with van der Waals surface area (Å²) in [7, 11) is 0. The molecule has 9 aromatic rings. The Morgan fingerprint density at radius 3 is 1.57 bits per heavy atom. The zero-order chi connectivity index (χ0) is 45.2. The van der Waals surface area contributed by atoms with Crippen molar-refractivity contribution >= 4 is 90.3 Å². The monoisotopic (exact) mass is 896 g/mol. The molecule has 322 valence electrons. The molecule has 0 spiro atoms. The van der Waals surface area contributed by atoms with E-state index in [-0.39, 0.29) is 5.41 Å². The summed E-state index contributed by atoms with van der Waals surface area (Å²) < 4.78 is 0. The van der Waals surface area contributed by atoms with Gasteiger partial charge in [0.05, 0.1) is 22.7 Å². The lowest BCUT2D eigenvalue weighted by Crippen LogP contribution is -2.16. The second-order valence-corrected chi connectivity index (χ2v) is 20.3. The number of allylic oxidation sites excluding steroid dienone is 4. The number of fused-ring (bicyclic) bond motifs is 7. The van der Waals surface area contributed by atoms with E-state index >= 15 is 0 Å². The van der Waals surface area contributed by atoms with E-state index in [9.17, 15) is 0 Å². The van der Waals surface area contributed by atoms with Gasteiger partial charge in [-0.3, -0.25) is 0 Å². The highest BCUT2D eigenvalue weighted by Gasteiger charge is 2.35. The molecule has 0 saturated heterocycles. The fourth-order valence-electron chi connectivity index (χ4n) is 10.6. The topological polar surface area (TPSA) is 6.48 Å². The molecule has 0 unspecified atom stereocenters. The van der Waals surface area contributed by atoms with Crippen LogP contribution < -0.4 is 9.80 Å². The minimum atomic E-state index is -0.158. The van der Waals surface area contributed by atoms with Crippen LogP contribution in [0.15, 0.2) is 244 Å². The first kappa shape index (κ1) is 41.2. The largest absolute Gasteiger partial charge is 0.308 e. The van der Waals surface area contributed by atoms with Crippen molar-refractivity contribution in [1.82, 2.24) is 0 Å².